The first-order valence-electron chi connectivity index (χ1n) is 14.0. The summed E-state index contributed by atoms with van der Waals surface area (Å²) in [6, 6.07) is 16.7. The Hall–Kier alpha value is -2.62. The molecule has 192 valence electrons. The number of rotatable bonds is 9. The van der Waals surface area contributed by atoms with Crippen molar-refractivity contribution in [2.24, 2.45) is 23.2 Å². The van der Waals surface area contributed by atoms with Gasteiger partial charge in [-0.15, -0.1) is 0 Å². The predicted octanol–water partition coefficient (Wildman–Crippen LogP) is 6.61. The largest absolute Gasteiger partial charge is 0.497 e. The molecule has 0 unspecified atom stereocenters. The second-order valence-electron chi connectivity index (χ2n) is 11.6. The molecule has 0 saturated heterocycles. The molecule has 0 radical (unpaired) electrons. The molecule has 3 aliphatic rings. The van der Waals surface area contributed by atoms with E-state index in [2.05, 4.69) is 30.4 Å². The number of methoxy groups -OCH3 is 1. The Labute approximate surface area is 216 Å². The van der Waals surface area contributed by atoms with Crippen molar-refractivity contribution in [3.05, 3.63) is 65.2 Å². The van der Waals surface area contributed by atoms with E-state index in [9.17, 15) is 9.59 Å². The third-order valence-corrected chi connectivity index (χ3v) is 9.59. The summed E-state index contributed by atoms with van der Waals surface area (Å²) in [4.78, 5) is 25.5. The number of Topliss-reactive ketones (excluding diaryl/α,β-unsaturated/α-hetero) is 1. The van der Waals surface area contributed by atoms with Crippen LogP contribution in [0.4, 0.5) is 0 Å². The molecule has 1 N–H and O–H groups in total. The lowest BCUT2D eigenvalue weighted by molar-refractivity contribution is -0.129. The molecule has 0 spiro atoms. The van der Waals surface area contributed by atoms with E-state index < -0.39 is 0 Å². The van der Waals surface area contributed by atoms with Gasteiger partial charge in [0.15, 0.2) is 0 Å². The lowest BCUT2D eigenvalue weighted by Gasteiger charge is -2.50. The van der Waals surface area contributed by atoms with Crippen LogP contribution in [0.1, 0.15) is 87.3 Å². The van der Waals surface area contributed by atoms with Gasteiger partial charge in [-0.25, -0.2) is 0 Å². The number of carbonyl (C=O) groups is 2. The fourth-order valence-corrected chi connectivity index (χ4v) is 7.76. The average molecular weight is 488 g/mol. The molecule has 5 rings (SSSR count). The Morgan fingerprint density at radius 3 is 2.72 bits per heavy atom. The van der Waals surface area contributed by atoms with Gasteiger partial charge in [-0.1, -0.05) is 56.2 Å². The molecule has 0 aromatic heterocycles. The molecule has 5 atom stereocenters. The topological polar surface area (TPSA) is 55.4 Å². The van der Waals surface area contributed by atoms with Crippen molar-refractivity contribution in [2.45, 2.75) is 83.6 Å². The maximum Gasteiger partial charge on any atom is 0.220 e. The molecule has 0 bridgehead atoms. The van der Waals surface area contributed by atoms with Crippen LogP contribution in [-0.4, -0.2) is 18.8 Å². The van der Waals surface area contributed by atoms with E-state index in [1.807, 2.05) is 30.3 Å². The Morgan fingerprint density at radius 1 is 1.08 bits per heavy atom. The zero-order chi connectivity index (χ0) is 25.1. The smallest absolute Gasteiger partial charge is 0.220 e. The standard InChI is InChI=1S/C32H41NO3/c1-32-18-17-27-26-16-14-25(36-2)19-23(26)13-15-28(27)31(32)24(20-29(32)34)11-7-4-8-12-30(35)33-21-22-9-5-3-6-10-22/h3,5-6,9-10,14,16,19,24,27-28,31H,4,7-8,11-13,15,17-18,20-21H2,1-2H3,(H,33,35)/t24-,27-,28-,31+,32-/m1/s1. The highest BCUT2D eigenvalue weighted by Gasteiger charge is 2.58. The third-order valence-electron chi connectivity index (χ3n) is 9.59. The molecule has 2 aromatic rings. The van der Waals surface area contributed by atoms with Gasteiger partial charge < -0.3 is 10.1 Å². The first kappa shape index (κ1) is 25.0. The molecule has 2 aromatic carbocycles. The average Bonchev–Trinajstić information content (AvgIpc) is 3.16. The maximum absolute atomic E-state index is 13.2. The van der Waals surface area contributed by atoms with Gasteiger partial charge in [0.1, 0.15) is 11.5 Å². The molecule has 4 nitrogen and oxygen atoms in total. The van der Waals surface area contributed by atoms with E-state index in [0.29, 0.717) is 42.4 Å². The normalized spacial score (nSPS) is 28.7. The number of ketones is 1. The van der Waals surface area contributed by atoms with Crippen molar-refractivity contribution in [3.63, 3.8) is 0 Å². The zero-order valence-electron chi connectivity index (χ0n) is 21.9. The van der Waals surface area contributed by atoms with Gasteiger partial charge in [-0.05, 0) is 91.0 Å². The monoisotopic (exact) mass is 487 g/mol. The number of ether oxygens (including phenoxy) is 1. The number of nitrogens with one attached hydrogen (secondary N) is 1. The van der Waals surface area contributed by atoms with Gasteiger partial charge in [-0.3, -0.25) is 9.59 Å². The summed E-state index contributed by atoms with van der Waals surface area (Å²) in [5.41, 5.74) is 3.96. The molecule has 36 heavy (non-hydrogen) atoms. The highest BCUT2D eigenvalue weighted by Crippen LogP contribution is 2.62. The summed E-state index contributed by atoms with van der Waals surface area (Å²) < 4.78 is 5.48. The Morgan fingerprint density at radius 2 is 1.92 bits per heavy atom. The number of carbonyl (C=O) groups excluding carboxylic acids is 2. The molecule has 2 saturated carbocycles. The third kappa shape index (κ3) is 4.96. The Balaban J connectivity index is 1.14. The number of hydrogen-bond acceptors (Lipinski definition) is 3. The molecule has 2 fully saturated rings. The number of fused-ring (bicyclic) bond motifs is 5. The summed E-state index contributed by atoms with van der Waals surface area (Å²) in [5, 5.41) is 3.03. The fourth-order valence-electron chi connectivity index (χ4n) is 7.76. The van der Waals surface area contributed by atoms with Crippen molar-refractivity contribution in [1.29, 1.82) is 0 Å². The summed E-state index contributed by atoms with van der Waals surface area (Å²) in [7, 11) is 1.74. The first-order valence-corrected chi connectivity index (χ1v) is 14.0. The van der Waals surface area contributed by atoms with Crippen LogP contribution in [0.3, 0.4) is 0 Å². The fraction of sp³-hybridized carbons (Fsp3) is 0.562. The minimum absolute atomic E-state index is 0.132. The van der Waals surface area contributed by atoms with E-state index in [1.54, 1.807) is 7.11 Å². The van der Waals surface area contributed by atoms with E-state index >= 15 is 0 Å². The predicted molar refractivity (Wildman–Crippen MR) is 143 cm³/mol. The number of benzene rings is 2. The van der Waals surface area contributed by atoms with E-state index in [4.69, 9.17) is 4.74 Å². The minimum Gasteiger partial charge on any atom is -0.497 e. The van der Waals surface area contributed by atoms with Gasteiger partial charge in [-0.2, -0.15) is 0 Å². The highest BCUT2D eigenvalue weighted by molar-refractivity contribution is 5.87. The number of hydrogen-bond donors (Lipinski definition) is 1. The quantitative estimate of drug-likeness (QED) is 0.405. The van der Waals surface area contributed by atoms with Crippen LogP contribution in [0.25, 0.3) is 0 Å². The summed E-state index contributed by atoms with van der Waals surface area (Å²) in [6.45, 7) is 2.87. The van der Waals surface area contributed by atoms with E-state index in [1.165, 1.54) is 17.5 Å². The number of unbranched alkanes of at least 4 members (excludes halogenated alkanes) is 2. The zero-order valence-corrected chi connectivity index (χ0v) is 21.9. The molecule has 0 aliphatic heterocycles. The Kier molecular flexibility index (Phi) is 7.50. The molecule has 1 amide bonds. The summed E-state index contributed by atoms with van der Waals surface area (Å²) in [5.74, 6) is 3.81. The summed E-state index contributed by atoms with van der Waals surface area (Å²) in [6.07, 6.45) is 10.0. The maximum atomic E-state index is 13.2. The van der Waals surface area contributed by atoms with Gasteiger partial charge >= 0.3 is 0 Å². The minimum atomic E-state index is -0.132. The lowest BCUT2D eigenvalue weighted by Crippen LogP contribution is -2.44. The van der Waals surface area contributed by atoms with Crippen molar-refractivity contribution in [2.75, 3.05) is 7.11 Å². The van der Waals surface area contributed by atoms with Gasteiger partial charge in [0, 0.05) is 24.8 Å². The van der Waals surface area contributed by atoms with Gasteiger partial charge in [0.2, 0.25) is 5.91 Å². The molecular weight excluding hydrogens is 446 g/mol. The highest BCUT2D eigenvalue weighted by atomic mass is 16.5. The van der Waals surface area contributed by atoms with Crippen LogP contribution in [0.2, 0.25) is 0 Å². The van der Waals surface area contributed by atoms with Crippen molar-refractivity contribution in [1.82, 2.24) is 5.32 Å². The molecule has 3 aliphatic carbocycles. The van der Waals surface area contributed by atoms with Crippen LogP contribution in [0.5, 0.6) is 5.75 Å². The van der Waals surface area contributed by atoms with Crippen LogP contribution >= 0.6 is 0 Å². The van der Waals surface area contributed by atoms with Crippen LogP contribution in [0, 0.1) is 23.2 Å². The molecule has 4 heteroatoms. The number of amides is 1. The van der Waals surface area contributed by atoms with E-state index in [-0.39, 0.29) is 11.3 Å². The SMILES string of the molecule is COc1ccc2c(c1)CC[C@H]1[C@@H]3[C@H](CCCCCC(=O)NCc4ccccc4)CC(=O)[C@@]3(C)CC[C@H]21. The summed E-state index contributed by atoms with van der Waals surface area (Å²) >= 11 is 0. The second kappa shape index (κ2) is 10.8. The van der Waals surface area contributed by atoms with Crippen molar-refractivity contribution >= 4 is 11.7 Å². The lowest BCUT2D eigenvalue weighted by atomic mass is 9.54. The van der Waals surface area contributed by atoms with Crippen molar-refractivity contribution in [3.8, 4) is 5.75 Å². The molecular formula is C32H41NO3. The first-order chi connectivity index (χ1) is 17.5. The van der Waals surface area contributed by atoms with Gasteiger partial charge in [0.25, 0.3) is 0 Å². The Bertz CT molecular complexity index is 1080. The van der Waals surface area contributed by atoms with Gasteiger partial charge in [0.05, 0.1) is 7.11 Å². The second-order valence-corrected chi connectivity index (χ2v) is 11.6. The van der Waals surface area contributed by atoms with Crippen LogP contribution in [0.15, 0.2) is 48.5 Å². The molecule has 0 heterocycles. The van der Waals surface area contributed by atoms with Crippen LogP contribution < -0.4 is 10.1 Å². The number of aryl methyl sites for hydroxylation is 1. The van der Waals surface area contributed by atoms with E-state index in [0.717, 1.165) is 62.7 Å². The van der Waals surface area contributed by atoms with Crippen LogP contribution in [-0.2, 0) is 22.6 Å². The van der Waals surface area contributed by atoms with Crippen molar-refractivity contribution < 1.29 is 14.3 Å².